The van der Waals surface area contributed by atoms with E-state index in [1.165, 1.54) is 0 Å². The monoisotopic (exact) mass is 223 g/mol. The van der Waals surface area contributed by atoms with Crippen molar-refractivity contribution in [3.8, 4) is 0 Å². The van der Waals surface area contributed by atoms with Gasteiger partial charge in [0.25, 0.3) is 0 Å². The lowest BCUT2D eigenvalue weighted by atomic mass is 10.1. The SMILES string of the molecule is COCC(C)N(C)c1ccccc1[C@H](C)O. The maximum Gasteiger partial charge on any atom is 0.0781 e. The van der Waals surface area contributed by atoms with Crippen LogP contribution in [0, 0.1) is 0 Å². The highest BCUT2D eigenvalue weighted by Gasteiger charge is 2.15. The van der Waals surface area contributed by atoms with Gasteiger partial charge in [0, 0.05) is 31.5 Å². The molecule has 1 rings (SSSR count). The van der Waals surface area contributed by atoms with E-state index in [0.29, 0.717) is 6.61 Å². The summed E-state index contributed by atoms with van der Waals surface area (Å²) in [5.41, 5.74) is 2.01. The quantitative estimate of drug-likeness (QED) is 0.830. The lowest BCUT2D eigenvalue weighted by Crippen LogP contribution is -2.33. The minimum atomic E-state index is -0.451. The summed E-state index contributed by atoms with van der Waals surface area (Å²) in [4.78, 5) is 2.13. The Morgan fingerprint density at radius 3 is 2.50 bits per heavy atom. The molecular weight excluding hydrogens is 202 g/mol. The van der Waals surface area contributed by atoms with Crippen LogP contribution in [0.2, 0.25) is 0 Å². The second-order valence-corrected chi connectivity index (χ2v) is 4.15. The molecule has 0 aromatic heterocycles. The Hall–Kier alpha value is -1.06. The molecule has 90 valence electrons. The maximum absolute atomic E-state index is 9.71. The maximum atomic E-state index is 9.71. The topological polar surface area (TPSA) is 32.7 Å². The number of anilines is 1. The number of likely N-dealkylation sites (N-methyl/N-ethyl adjacent to an activating group) is 1. The van der Waals surface area contributed by atoms with E-state index in [-0.39, 0.29) is 6.04 Å². The van der Waals surface area contributed by atoms with Gasteiger partial charge in [0.1, 0.15) is 0 Å². The highest BCUT2D eigenvalue weighted by Crippen LogP contribution is 2.26. The number of hydrogen-bond donors (Lipinski definition) is 1. The largest absolute Gasteiger partial charge is 0.389 e. The van der Waals surface area contributed by atoms with Crippen molar-refractivity contribution in [2.75, 3.05) is 25.7 Å². The summed E-state index contributed by atoms with van der Waals surface area (Å²) in [6.45, 7) is 4.56. The third-order valence-corrected chi connectivity index (χ3v) is 2.84. The molecule has 0 aliphatic rings. The average Bonchev–Trinajstić information content (AvgIpc) is 2.28. The molecule has 2 atom stereocenters. The molecule has 0 aliphatic carbocycles. The summed E-state index contributed by atoms with van der Waals surface area (Å²) >= 11 is 0. The van der Waals surface area contributed by atoms with E-state index < -0.39 is 6.10 Å². The van der Waals surface area contributed by atoms with Crippen molar-refractivity contribution >= 4 is 5.69 Å². The van der Waals surface area contributed by atoms with Gasteiger partial charge in [0.05, 0.1) is 12.7 Å². The normalized spacial score (nSPS) is 14.6. The summed E-state index contributed by atoms with van der Waals surface area (Å²) in [7, 11) is 3.72. The van der Waals surface area contributed by atoms with Gasteiger partial charge in [-0.2, -0.15) is 0 Å². The molecule has 0 saturated carbocycles. The zero-order valence-electron chi connectivity index (χ0n) is 10.5. The highest BCUT2D eigenvalue weighted by molar-refractivity contribution is 5.54. The van der Waals surface area contributed by atoms with Gasteiger partial charge in [-0.1, -0.05) is 18.2 Å². The van der Waals surface area contributed by atoms with Gasteiger partial charge in [0.15, 0.2) is 0 Å². The van der Waals surface area contributed by atoms with Crippen molar-refractivity contribution in [2.24, 2.45) is 0 Å². The number of methoxy groups -OCH3 is 1. The molecule has 16 heavy (non-hydrogen) atoms. The van der Waals surface area contributed by atoms with E-state index in [1.807, 2.05) is 31.3 Å². The molecule has 0 spiro atoms. The van der Waals surface area contributed by atoms with Crippen molar-refractivity contribution in [1.82, 2.24) is 0 Å². The van der Waals surface area contributed by atoms with E-state index in [1.54, 1.807) is 14.0 Å². The lowest BCUT2D eigenvalue weighted by molar-refractivity contribution is 0.182. The molecule has 1 N–H and O–H groups in total. The summed E-state index contributed by atoms with van der Waals surface area (Å²) in [6.07, 6.45) is -0.451. The van der Waals surface area contributed by atoms with Gasteiger partial charge < -0.3 is 14.7 Å². The van der Waals surface area contributed by atoms with Gasteiger partial charge in [-0.05, 0) is 19.9 Å². The molecule has 0 radical (unpaired) electrons. The smallest absolute Gasteiger partial charge is 0.0781 e. The molecule has 1 aromatic carbocycles. The molecule has 3 nitrogen and oxygen atoms in total. The Labute approximate surface area is 97.7 Å². The van der Waals surface area contributed by atoms with Crippen LogP contribution < -0.4 is 4.90 Å². The number of rotatable bonds is 5. The van der Waals surface area contributed by atoms with E-state index in [0.717, 1.165) is 11.3 Å². The number of nitrogens with zero attached hydrogens (tertiary/aromatic N) is 1. The standard InChI is InChI=1S/C13H21NO2/c1-10(9-16-4)14(3)13-8-6-5-7-12(13)11(2)15/h5-8,10-11,15H,9H2,1-4H3/t10?,11-/m0/s1. The number of hydrogen-bond acceptors (Lipinski definition) is 3. The Balaban J connectivity index is 2.93. The van der Waals surface area contributed by atoms with Crippen LogP contribution in [0.4, 0.5) is 5.69 Å². The van der Waals surface area contributed by atoms with Gasteiger partial charge in [0.2, 0.25) is 0 Å². The summed E-state index contributed by atoms with van der Waals surface area (Å²) in [5, 5.41) is 9.71. The third-order valence-electron chi connectivity index (χ3n) is 2.84. The Kier molecular flexibility index (Phi) is 4.77. The molecule has 0 bridgehead atoms. The highest BCUT2D eigenvalue weighted by atomic mass is 16.5. The Morgan fingerprint density at radius 2 is 1.94 bits per heavy atom. The van der Waals surface area contributed by atoms with Gasteiger partial charge in [-0.15, -0.1) is 0 Å². The average molecular weight is 223 g/mol. The lowest BCUT2D eigenvalue weighted by Gasteiger charge is -2.29. The van der Waals surface area contributed by atoms with E-state index in [9.17, 15) is 5.11 Å². The number of para-hydroxylation sites is 1. The first kappa shape index (κ1) is 13.0. The fourth-order valence-electron chi connectivity index (χ4n) is 1.75. The predicted octanol–water partition coefficient (Wildman–Crippen LogP) is 2.21. The molecule has 0 heterocycles. The number of ether oxygens (including phenoxy) is 1. The molecule has 1 aromatic rings. The molecule has 0 fully saturated rings. The first-order valence-electron chi connectivity index (χ1n) is 5.56. The van der Waals surface area contributed by atoms with Crippen LogP contribution in [0.1, 0.15) is 25.5 Å². The van der Waals surface area contributed by atoms with Crippen molar-refractivity contribution in [3.05, 3.63) is 29.8 Å². The van der Waals surface area contributed by atoms with Gasteiger partial charge >= 0.3 is 0 Å². The first-order chi connectivity index (χ1) is 7.57. The molecule has 3 heteroatoms. The molecule has 0 saturated heterocycles. The minimum Gasteiger partial charge on any atom is -0.389 e. The van der Waals surface area contributed by atoms with E-state index >= 15 is 0 Å². The van der Waals surface area contributed by atoms with Crippen molar-refractivity contribution in [2.45, 2.75) is 26.0 Å². The molecular formula is C13H21NO2. The van der Waals surface area contributed by atoms with Crippen molar-refractivity contribution in [3.63, 3.8) is 0 Å². The summed E-state index contributed by atoms with van der Waals surface area (Å²) < 4.78 is 5.14. The van der Waals surface area contributed by atoms with Crippen LogP contribution in [0.15, 0.2) is 24.3 Å². The second-order valence-electron chi connectivity index (χ2n) is 4.15. The molecule has 1 unspecified atom stereocenters. The van der Waals surface area contributed by atoms with Crippen LogP contribution in [-0.4, -0.2) is 31.9 Å². The van der Waals surface area contributed by atoms with Crippen LogP contribution in [-0.2, 0) is 4.74 Å². The third kappa shape index (κ3) is 2.97. The van der Waals surface area contributed by atoms with Gasteiger partial charge in [-0.25, -0.2) is 0 Å². The Bertz CT molecular complexity index is 325. The van der Waals surface area contributed by atoms with E-state index in [2.05, 4.69) is 11.8 Å². The summed E-state index contributed by atoms with van der Waals surface area (Å²) in [5.74, 6) is 0. The van der Waals surface area contributed by atoms with Crippen molar-refractivity contribution in [1.29, 1.82) is 0 Å². The van der Waals surface area contributed by atoms with Crippen LogP contribution in [0.5, 0.6) is 0 Å². The fourth-order valence-corrected chi connectivity index (χ4v) is 1.75. The number of aliphatic hydroxyl groups excluding tert-OH is 1. The second kappa shape index (κ2) is 5.87. The first-order valence-corrected chi connectivity index (χ1v) is 5.56. The van der Waals surface area contributed by atoms with Crippen LogP contribution >= 0.6 is 0 Å². The van der Waals surface area contributed by atoms with Gasteiger partial charge in [-0.3, -0.25) is 0 Å². The van der Waals surface area contributed by atoms with Crippen molar-refractivity contribution < 1.29 is 9.84 Å². The number of benzene rings is 1. The zero-order chi connectivity index (χ0) is 12.1. The van der Waals surface area contributed by atoms with E-state index in [4.69, 9.17) is 4.74 Å². The molecule has 0 amide bonds. The predicted molar refractivity (Wildman–Crippen MR) is 66.8 cm³/mol. The zero-order valence-corrected chi connectivity index (χ0v) is 10.5. The fraction of sp³-hybridized carbons (Fsp3) is 0.538. The molecule has 0 aliphatic heterocycles. The minimum absolute atomic E-state index is 0.282. The summed E-state index contributed by atoms with van der Waals surface area (Å²) in [6, 6.07) is 8.19. The van der Waals surface area contributed by atoms with Crippen LogP contribution in [0.3, 0.4) is 0 Å². The van der Waals surface area contributed by atoms with Crippen LogP contribution in [0.25, 0.3) is 0 Å². The Morgan fingerprint density at radius 1 is 1.31 bits per heavy atom. The number of aliphatic hydroxyl groups is 1.